The number of halogens is 2. The van der Waals surface area contributed by atoms with Crippen molar-refractivity contribution in [2.24, 2.45) is 11.3 Å². The standard InChI is InChI=1S/C9H12F2O/c10-9(11)6-8(9)3-1-7(5-12)2-4-8/h5,7H,1-4,6H2. The fourth-order valence-corrected chi connectivity index (χ4v) is 2.25. The molecule has 0 saturated heterocycles. The van der Waals surface area contributed by atoms with Gasteiger partial charge < -0.3 is 4.79 Å². The molecule has 0 heterocycles. The summed E-state index contributed by atoms with van der Waals surface area (Å²) in [5.41, 5.74) is -0.688. The van der Waals surface area contributed by atoms with E-state index in [9.17, 15) is 13.6 Å². The van der Waals surface area contributed by atoms with E-state index in [1.807, 2.05) is 0 Å². The zero-order chi connectivity index (χ0) is 8.82. The number of hydrogen-bond acceptors (Lipinski definition) is 1. The van der Waals surface area contributed by atoms with E-state index in [4.69, 9.17) is 0 Å². The van der Waals surface area contributed by atoms with E-state index in [1.165, 1.54) is 0 Å². The van der Waals surface area contributed by atoms with Crippen molar-refractivity contribution in [3.8, 4) is 0 Å². The Morgan fingerprint density at radius 2 is 1.75 bits per heavy atom. The van der Waals surface area contributed by atoms with Crippen LogP contribution >= 0.6 is 0 Å². The minimum absolute atomic E-state index is 0.0482. The van der Waals surface area contributed by atoms with Crippen molar-refractivity contribution in [3.63, 3.8) is 0 Å². The summed E-state index contributed by atoms with van der Waals surface area (Å²) in [6, 6.07) is 0. The number of carbonyl (C=O) groups excluding carboxylic acids is 1. The average Bonchev–Trinajstić information content (AvgIpc) is 2.55. The maximum atomic E-state index is 12.8. The lowest BCUT2D eigenvalue weighted by Gasteiger charge is -2.25. The molecule has 1 spiro atoms. The molecule has 3 heteroatoms. The first kappa shape index (κ1) is 8.14. The van der Waals surface area contributed by atoms with Crippen molar-refractivity contribution >= 4 is 6.29 Å². The number of aldehydes is 1. The predicted molar refractivity (Wildman–Crippen MR) is 40.0 cm³/mol. The fourth-order valence-electron chi connectivity index (χ4n) is 2.25. The lowest BCUT2D eigenvalue weighted by molar-refractivity contribution is -0.112. The van der Waals surface area contributed by atoms with Crippen LogP contribution in [-0.4, -0.2) is 12.2 Å². The number of rotatable bonds is 1. The van der Waals surface area contributed by atoms with Gasteiger partial charge in [-0.2, -0.15) is 0 Å². The van der Waals surface area contributed by atoms with Crippen LogP contribution in [0.4, 0.5) is 8.78 Å². The third-order valence-electron chi connectivity index (χ3n) is 3.39. The summed E-state index contributed by atoms with van der Waals surface area (Å²) in [5, 5.41) is 0. The van der Waals surface area contributed by atoms with Crippen molar-refractivity contribution in [1.29, 1.82) is 0 Å². The molecule has 0 aromatic rings. The summed E-state index contributed by atoms with van der Waals surface area (Å²) in [6.45, 7) is 0. The second-order valence-electron chi connectivity index (χ2n) is 4.14. The highest BCUT2D eigenvalue weighted by molar-refractivity contribution is 5.53. The van der Waals surface area contributed by atoms with Gasteiger partial charge in [0.2, 0.25) is 0 Å². The molecule has 68 valence electrons. The van der Waals surface area contributed by atoms with Crippen molar-refractivity contribution in [2.45, 2.75) is 38.0 Å². The molecule has 0 unspecified atom stereocenters. The van der Waals surface area contributed by atoms with Crippen molar-refractivity contribution in [1.82, 2.24) is 0 Å². The van der Waals surface area contributed by atoms with E-state index >= 15 is 0 Å². The quantitative estimate of drug-likeness (QED) is 0.558. The highest BCUT2D eigenvalue weighted by Crippen LogP contribution is 2.67. The molecule has 2 fully saturated rings. The summed E-state index contributed by atoms with van der Waals surface area (Å²) in [4.78, 5) is 10.4. The molecular formula is C9H12F2O. The molecule has 0 aliphatic heterocycles. The topological polar surface area (TPSA) is 17.1 Å². The van der Waals surface area contributed by atoms with Crippen LogP contribution in [0, 0.1) is 11.3 Å². The lowest BCUT2D eigenvalue weighted by Crippen LogP contribution is -2.21. The largest absolute Gasteiger partial charge is 0.303 e. The normalized spacial score (nSPS) is 44.3. The van der Waals surface area contributed by atoms with Crippen molar-refractivity contribution < 1.29 is 13.6 Å². The monoisotopic (exact) mass is 174 g/mol. The summed E-state index contributed by atoms with van der Waals surface area (Å²) >= 11 is 0. The molecule has 2 saturated carbocycles. The Hall–Kier alpha value is -0.470. The van der Waals surface area contributed by atoms with E-state index in [-0.39, 0.29) is 12.3 Å². The summed E-state index contributed by atoms with van der Waals surface area (Å²) < 4.78 is 25.6. The van der Waals surface area contributed by atoms with Crippen LogP contribution in [0.5, 0.6) is 0 Å². The van der Waals surface area contributed by atoms with Gasteiger partial charge in [-0.15, -0.1) is 0 Å². The minimum atomic E-state index is -2.42. The third kappa shape index (κ3) is 0.985. The van der Waals surface area contributed by atoms with E-state index in [0.29, 0.717) is 25.7 Å². The third-order valence-corrected chi connectivity index (χ3v) is 3.39. The molecule has 0 aromatic heterocycles. The number of alkyl halides is 2. The smallest absolute Gasteiger partial charge is 0.254 e. The Bertz CT molecular complexity index is 205. The molecule has 0 aromatic carbocycles. The molecule has 2 aliphatic rings. The van der Waals surface area contributed by atoms with Gasteiger partial charge >= 0.3 is 0 Å². The first-order chi connectivity index (χ1) is 5.60. The van der Waals surface area contributed by atoms with Crippen LogP contribution in [0.3, 0.4) is 0 Å². The zero-order valence-electron chi connectivity index (χ0n) is 6.85. The molecular weight excluding hydrogens is 162 g/mol. The van der Waals surface area contributed by atoms with Gasteiger partial charge in [-0.1, -0.05) is 0 Å². The Balaban J connectivity index is 1.96. The molecule has 0 radical (unpaired) electrons. The van der Waals surface area contributed by atoms with Gasteiger partial charge in [0.1, 0.15) is 6.29 Å². The van der Waals surface area contributed by atoms with Crippen molar-refractivity contribution in [2.75, 3.05) is 0 Å². The predicted octanol–water partition coefficient (Wildman–Crippen LogP) is 2.40. The Morgan fingerprint density at radius 1 is 1.25 bits per heavy atom. The van der Waals surface area contributed by atoms with Crippen LogP contribution < -0.4 is 0 Å². The van der Waals surface area contributed by atoms with Gasteiger partial charge in [0, 0.05) is 17.8 Å². The molecule has 0 bridgehead atoms. The zero-order valence-corrected chi connectivity index (χ0v) is 6.85. The maximum Gasteiger partial charge on any atom is 0.254 e. The summed E-state index contributed by atoms with van der Waals surface area (Å²) in [6.07, 6.45) is 3.39. The highest BCUT2D eigenvalue weighted by Gasteiger charge is 2.70. The van der Waals surface area contributed by atoms with Gasteiger partial charge in [-0.3, -0.25) is 0 Å². The number of hydrogen-bond donors (Lipinski definition) is 0. The molecule has 1 nitrogen and oxygen atoms in total. The van der Waals surface area contributed by atoms with Gasteiger partial charge in [0.15, 0.2) is 0 Å². The van der Waals surface area contributed by atoms with Crippen LogP contribution in [0.2, 0.25) is 0 Å². The first-order valence-corrected chi connectivity index (χ1v) is 4.43. The summed E-state index contributed by atoms with van der Waals surface area (Å²) in [5.74, 6) is -2.37. The van der Waals surface area contributed by atoms with Crippen LogP contribution in [-0.2, 0) is 4.79 Å². The minimum Gasteiger partial charge on any atom is -0.303 e. The lowest BCUT2D eigenvalue weighted by atomic mass is 9.80. The molecule has 2 aliphatic carbocycles. The Kier molecular flexibility index (Phi) is 1.54. The van der Waals surface area contributed by atoms with Crippen molar-refractivity contribution in [3.05, 3.63) is 0 Å². The Labute approximate surface area is 70.1 Å². The van der Waals surface area contributed by atoms with Gasteiger partial charge in [-0.05, 0) is 25.7 Å². The van der Waals surface area contributed by atoms with Crippen LogP contribution in [0.25, 0.3) is 0 Å². The van der Waals surface area contributed by atoms with Crippen LogP contribution in [0.15, 0.2) is 0 Å². The van der Waals surface area contributed by atoms with Gasteiger partial charge in [-0.25, -0.2) is 8.78 Å². The Morgan fingerprint density at radius 3 is 2.08 bits per heavy atom. The summed E-state index contributed by atoms with van der Waals surface area (Å²) in [7, 11) is 0. The highest BCUT2D eigenvalue weighted by atomic mass is 19.3. The van der Waals surface area contributed by atoms with E-state index in [1.54, 1.807) is 0 Å². The van der Waals surface area contributed by atoms with E-state index in [2.05, 4.69) is 0 Å². The maximum absolute atomic E-state index is 12.8. The van der Waals surface area contributed by atoms with Gasteiger partial charge in [0.05, 0.1) is 0 Å². The number of carbonyl (C=O) groups is 1. The van der Waals surface area contributed by atoms with E-state index < -0.39 is 11.3 Å². The molecule has 0 amide bonds. The fraction of sp³-hybridized carbons (Fsp3) is 0.889. The molecule has 0 atom stereocenters. The molecule has 2 rings (SSSR count). The average molecular weight is 174 g/mol. The SMILES string of the molecule is O=CC1CCC2(CC1)CC2(F)F. The molecule has 12 heavy (non-hydrogen) atoms. The van der Waals surface area contributed by atoms with Crippen LogP contribution in [0.1, 0.15) is 32.1 Å². The van der Waals surface area contributed by atoms with Gasteiger partial charge in [0.25, 0.3) is 5.92 Å². The first-order valence-electron chi connectivity index (χ1n) is 4.43. The molecule has 0 N–H and O–H groups in total. The van der Waals surface area contributed by atoms with E-state index in [0.717, 1.165) is 6.29 Å². The second-order valence-corrected chi connectivity index (χ2v) is 4.14. The second kappa shape index (κ2) is 2.27.